The molecular formula is C18H22N2OS. The largest absolute Gasteiger partial charge is 0.348 e. The molecule has 1 aliphatic rings. The first-order chi connectivity index (χ1) is 10.8. The van der Waals surface area contributed by atoms with Crippen molar-refractivity contribution in [3.05, 3.63) is 58.3 Å². The molecule has 2 aromatic rings. The third kappa shape index (κ3) is 3.96. The number of amides is 1. The molecule has 1 unspecified atom stereocenters. The zero-order valence-corrected chi connectivity index (χ0v) is 13.4. The zero-order chi connectivity index (χ0) is 15.2. The molecule has 0 aliphatic carbocycles. The van der Waals surface area contributed by atoms with E-state index in [-0.39, 0.29) is 17.9 Å². The fraction of sp³-hybridized carbons (Fsp3) is 0.389. The molecule has 1 fully saturated rings. The number of nitrogens with one attached hydrogen (secondary N) is 2. The Balaban J connectivity index is 1.70. The second kappa shape index (κ2) is 7.56. The minimum Gasteiger partial charge on any atom is -0.348 e. The smallest absolute Gasteiger partial charge is 0.223 e. The first-order valence-electron chi connectivity index (χ1n) is 7.91. The summed E-state index contributed by atoms with van der Waals surface area (Å²) in [6, 6.07) is 14.6. The van der Waals surface area contributed by atoms with Gasteiger partial charge in [0.25, 0.3) is 0 Å². The maximum atomic E-state index is 12.6. The van der Waals surface area contributed by atoms with Crippen molar-refractivity contribution in [2.45, 2.75) is 25.3 Å². The summed E-state index contributed by atoms with van der Waals surface area (Å²) in [4.78, 5) is 13.8. The molecule has 1 atom stereocenters. The second-order valence-corrected chi connectivity index (χ2v) is 6.77. The lowest BCUT2D eigenvalue weighted by molar-refractivity contribution is -0.126. The summed E-state index contributed by atoms with van der Waals surface area (Å²) in [7, 11) is 0. The molecule has 1 amide bonds. The maximum Gasteiger partial charge on any atom is 0.223 e. The molecule has 2 N–H and O–H groups in total. The Kier molecular flexibility index (Phi) is 5.24. The molecule has 0 radical (unpaired) electrons. The number of benzene rings is 1. The Bertz CT molecular complexity index is 576. The van der Waals surface area contributed by atoms with Gasteiger partial charge in [-0.1, -0.05) is 36.4 Å². The lowest BCUT2D eigenvalue weighted by Crippen LogP contribution is -2.40. The van der Waals surface area contributed by atoms with E-state index in [9.17, 15) is 4.79 Å². The van der Waals surface area contributed by atoms with Crippen molar-refractivity contribution >= 4 is 17.2 Å². The van der Waals surface area contributed by atoms with Crippen LogP contribution in [0.4, 0.5) is 0 Å². The number of hydrogen-bond acceptors (Lipinski definition) is 3. The molecule has 0 bridgehead atoms. The van der Waals surface area contributed by atoms with Crippen LogP contribution in [0.15, 0.2) is 47.8 Å². The minimum atomic E-state index is 0.0739. The van der Waals surface area contributed by atoms with Crippen molar-refractivity contribution in [3.8, 4) is 0 Å². The molecule has 3 rings (SSSR count). The zero-order valence-electron chi connectivity index (χ0n) is 12.6. The van der Waals surface area contributed by atoms with Crippen LogP contribution < -0.4 is 10.6 Å². The van der Waals surface area contributed by atoms with E-state index in [1.807, 2.05) is 6.07 Å². The number of thiophene rings is 1. The highest BCUT2D eigenvalue weighted by Crippen LogP contribution is 2.24. The minimum absolute atomic E-state index is 0.0739. The van der Waals surface area contributed by atoms with Crippen LogP contribution in [-0.4, -0.2) is 19.0 Å². The molecular weight excluding hydrogens is 292 g/mol. The number of carbonyl (C=O) groups is 1. The number of carbonyl (C=O) groups excluding carboxylic acids is 1. The van der Waals surface area contributed by atoms with Crippen molar-refractivity contribution in [2.75, 3.05) is 13.1 Å². The third-order valence-corrected chi connectivity index (χ3v) is 5.18. The van der Waals surface area contributed by atoms with Crippen LogP contribution >= 0.6 is 11.3 Å². The highest BCUT2D eigenvalue weighted by atomic mass is 32.1. The first-order valence-corrected chi connectivity index (χ1v) is 8.79. The van der Waals surface area contributed by atoms with E-state index in [0.29, 0.717) is 0 Å². The number of hydrogen-bond donors (Lipinski definition) is 2. The normalized spacial score (nSPS) is 17.1. The molecule has 3 nitrogen and oxygen atoms in total. The predicted octanol–water partition coefficient (Wildman–Crippen LogP) is 3.15. The number of rotatable bonds is 5. The van der Waals surface area contributed by atoms with Gasteiger partial charge in [-0.25, -0.2) is 0 Å². The van der Waals surface area contributed by atoms with Crippen molar-refractivity contribution in [1.82, 2.24) is 10.6 Å². The maximum absolute atomic E-state index is 12.6. The summed E-state index contributed by atoms with van der Waals surface area (Å²) >= 11 is 1.71. The number of piperidine rings is 1. The van der Waals surface area contributed by atoms with Gasteiger partial charge in [-0.05, 0) is 49.4 Å². The Labute approximate surface area is 135 Å². The van der Waals surface area contributed by atoms with Gasteiger partial charge in [0.05, 0.1) is 6.04 Å². The van der Waals surface area contributed by atoms with Crippen molar-refractivity contribution in [3.63, 3.8) is 0 Å². The predicted molar refractivity (Wildman–Crippen MR) is 90.9 cm³/mol. The van der Waals surface area contributed by atoms with Crippen molar-refractivity contribution in [1.29, 1.82) is 0 Å². The molecule has 22 heavy (non-hydrogen) atoms. The quantitative estimate of drug-likeness (QED) is 0.890. The van der Waals surface area contributed by atoms with E-state index in [4.69, 9.17) is 0 Å². The van der Waals surface area contributed by atoms with Gasteiger partial charge in [0, 0.05) is 10.8 Å². The summed E-state index contributed by atoms with van der Waals surface area (Å²) in [5, 5.41) is 8.67. The van der Waals surface area contributed by atoms with E-state index in [1.165, 1.54) is 10.4 Å². The summed E-state index contributed by atoms with van der Waals surface area (Å²) < 4.78 is 0. The molecule has 4 heteroatoms. The molecule has 0 spiro atoms. The van der Waals surface area contributed by atoms with Gasteiger partial charge in [-0.15, -0.1) is 11.3 Å². The van der Waals surface area contributed by atoms with Gasteiger partial charge in [-0.3, -0.25) is 4.79 Å². The summed E-state index contributed by atoms with van der Waals surface area (Å²) in [5.41, 5.74) is 1.26. The Hall–Kier alpha value is -1.65. The van der Waals surface area contributed by atoms with E-state index < -0.39 is 0 Å². The highest BCUT2D eigenvalue weighted by Gasteiger charge is 2.24. The highest BCUT2D eigenvalue weighted by molar-refractivity contribution is 7.10. The van der Waals surface area contributed by atoms with E-state index in [1.54, 1.807) is 11.3 Å². The molecule has 116 valence electrons. The molecule has 0 saturated carbocycles. The van der Waals surface area contributed by atoms with Gasteiger partial charge >= 0.3 is 0 Å². The van der Waals surface area contributed by atoms with Crippen LogP contribution in [0.1, 0.15) is 29.3 Å². The average molecular weight is 314 g/mol. The van der Waals surface area contributed by atoms with Gasteiger partial charge in [0.1, 0.15) is 0 Å². The van der Waals surface area contributed by atoms with Crippen LogP contribution in [0.25, 0.3) is 0 Å². The third-order valence-electron chi connectivity index (χ3n) is 4.20. The van der Waals surface area contributed by atoms with E-state index in [0.717, 1.165) is 32.4 Å². The lowest BCUT2D eigenvalue weighted by atomic mass is 9.96. The standard InChI is InChI=1S/C18H22N2OS/c21-18(15-8-10-19-11-9-15)20-16(17-7-4-12-22-17)13-14-5-2-1-3-6-14/h1-7,12,15-16,19H,8-11,13H2,(H,20,21). The average Bonchev–Trinajstić information content (AvgIpc) is 3.10. The summed E-state index contributed by atoms with van der Waals surface area (Å²) in [6.07, 6.45) is 2.72. The summed E-state index contributed by atoms with van der Waals surface area (Å²) in [5.74, 6) is 0.357. The van der Waals surface area contributed by atoms with Gasteiger partial charge in [0.15, 0.2) is 0 Å². The molecule has 2 heterocycles. The van der Waals surface area contributed by atoms with Crippen LogP contribution in [0.5, 0.6) is 0 Å². The van der Waals surface area contributed by atoms with E-state index >= 15 is 0 Å². The van der Waals surface area contributed by atoms with Crippen LogP contribution in [0.2, 0.25) is 0 Å². The lowest BCUT2D eigenvalue weighted by Gasteiger charge is -2.25. The molecule has 1 aliphatic heterocycles. The van der Waals surface area contributed by atoms with Gasteiger partial charge in [-0.2, -0.15) is 0 Å². The summed E-state index contributed by atoms with van der Waals surface area (Å²) in [6.45, 7) is 1.89. The fourth-order valence-corrected chi connectivity index (χ4v) is 3.71. The van der Waals surface area contributed by atoms with Gasteiger partial charge < -0.3 is 10.6 Å². The first kappa shape index (κ1) is 15.3. The van der Waals surface area contributed by atoms with Crippen LogP contribution in [-0.2, 0) is 11.2 Å². The SMILES string of the molecule is O=C(NC(Cc1ccccc1)c1cccs1)C1CCNCC1. The van der Waals surface area contributed by atoms with Crippen molar-refractivity contribution < 1.29 is 4.79 Å². The molecule has 1 aromatic carbocycles. The Morgan fingerprint density at radius 2 is 1.95 bits per heavy atom. The van der Waals surface area contributed by atoms with Crippen LogP contribution in [0, 0.1) is 5.92 Å². The topological polar surface area (TPSA) is 41.1 Å². The Morgan fingerprint density at radius 1 is 1.18 bits per heavy atom. The van der Waals surface area contributed by atoms with Crippen molar-refractivity contribution in [2.24, 2.45) is 5.92 Å². The fourth-order valence-electron chi connectivity index (χ4n) is 2.94. The van der Waals surface area contributed by atoms with Crippen LogP contribution in [0.3, 0.4) is 0 Å². The van der Waals surface area contributed by atoms with E-state index in [2.05, 4.69) is 52.4 Å². The molecule has 1 saturated heterocycles. The monoisotopic (exact) mass is 314 g/mol. The molecule has 1 aromatic heterocycles. The Morgan fingerprint density at radius 3 is 2.64 bits per heavy atom. The van der Waals surface area contributed by atoms with Gasteiger partial charge in [0.2, 0.25) is 5.91 Å². The second-order valence-electron chi connectivity index (χ2n) is 5.79.